The van der Waals surface area contributed by atoms with Crippen LogP contribution in [0.2, 0.25) is 0 Å². The molecule has 2 heterocycles. The molecule has 2 aliphatic rings. The van der Waals surface area contributed by atoms with Crippen LogP contribution in [0.1, 0.15) is 24.8 Å². The van der Waals surface area contributed by atoms with Crippen molar-refractivity contribution in [2.75, 3.05) is 18.4 Å². The van der Waals surface area contributed by atoms with Gasteiger partial charge >= 0.3 is 0 Å². The highest BCUT2D eigenvalue weighted by atomic mass is 14.9. The lowest BCUT2D eigenvalue weighted by atomic mass is 9.93. The third-order valence-corrected chi connectivity index (χ3v) is 3.80. The number of piperidine rings is 1. The number of para-hydroxylation sites is 1. The zero-order chi connectivity index (χ0) is 12.2. The van der Waals surface area contributed by atoms with Crippen LogP contribution in [0, 0.1) is 5.92 Å². The Bertz CT molecular complexity index is 468. The Hall–Kier alpha value is -1.54. The number of allylic oxidation sites excluding steroid dienone is 3. The van der Waals surface area contributed by atoms with Crippen molar-refractivity contribution < 1.29 is 0 Å². The van der Waals surface area contributed by atoms with E-state index in [-0.39, 0.29) is 0 Å². The summed E-state index contributed by atoms with van der Waals surface area (Å²) in [4.78, 5) is 0. The van der Waals surface area contributed by atoms with Crippen molar-refractivity contribution in [1.82, 2.24) is 5.32 Å². The molecule has 0 spiro atoms. The van der Waals surface area contributed by atoms with Crippen LogP contribution in [0.25, 0.3) is 6.08 Å². The minimum atomic E-state index is 0.823. The van der Waals surface area contributed by atoms with Gasteiger partial charge in [-0.15, -0.1) is 0 Å². The summed E-state index contributed by atoms with van der Waals surface area (Å²) in [6.07, 6.45) is 10.3. The van der Waals surface area contributed by atoms with Gasteiger partial charge in [-0.25, -0.2) is 0 Å². The van der Waals surface area contributed by atoms with Gasteiger partial charge in [-0.05, 0) is 56.0 Å². The van der Waals surface area contributed by atoms with E-state index in [1.165, 1.54) is 49.3 Å². The molecule has 1 fully saturated rings. The van der Waals surface area contributed by atoms with Crippen molar-refractivity contribution in [3.63, 3.8) is 0 Å². The SMILES string of the molecule is C1=Cc2ccccc2NC(CC2CCNCC2)=C1. The monoisotopic (exact) mass is 240 g/mol. The number of rotatable bonds is 2. The quantitative estimate of drug-likeness (QED) is 0.828. The molecule has 2 N–H and O–H groups in total. The van der Waals surface area contributed by atoms with E-state index in [1.807, 2.05) is 0 Å². The van der Waals surface area contributed by atoms with Gasteiger partial charge in [-0.1, -0.05) is 30.4 Å². The number of hydrogen-bond donors (Lipinski definition) is 2. The Morgan fingerprint density at radius 2 is 1.94 bits per heavy atom. The van der Waals surface area contributed by atoms with Crippen LogP contribution < -0.4 is 10.6 Å². The minimum absolute atomic E-state index is 0.823. The zero-order valence-electron chi connectivity index (χ0n) is 10.7. The molecular weight excluding hydrogens is 220 g/mol. The van der Waals surface area contributed by atoms with Crippen LogP contribution in [0.4, 0.5) is 5.69 Å². The average Bonchev–Trinajstić information content (AvgIpc) is 2.61. The Balaban J connectivity index is 1.71. The van der Waals surface area contributed by atoms with E-state index >= 15 is 0 Å². The first-order chi connectivity index (χ1) is 8.92. The predicted octanol–water partition coefficient (Wildman–Crippen LogP) is 3.40. The molecule has 0 aliphatic carbocycles. The molecule has 1 saturated heterocycles. The highest BCUT2D eigenvalue weighted by molar-refractivity contribution is 5.70. The van der Waals surface area contributed by atoms with Crippen LogP contribution in [-0.4, -0.2) is 13.1 Å². The van der Waals surface area contributed by atoms with E-state index in [2.05, 4.69) is 53.1 Å². The van der Waals surface area contributed by atoms with Gasteiger partial charge in [-0.2, -0.15) is 0 Å². The van der Waals surface area contributed by atoms with Crippen molar-refractivity contribution in [3.05, 3.63) is 47.7 Å². The van der Waals surface area contributed by atoms with Crippen molar-refractivity contribution in [1.29, 1.82) is 0 Å². The lowest BCUT2D eigenvalue weighted by Gasteiger charge is -2.24. The Kier molecular flexibility index (Phi) is 3.47. The van der Waals surface area contributed by atoms with Gasteiger partial charge in [0.2, 0.25) is 0 Å². The summed E-state index contributed by atoms with van der Waals surface area (Å²) in [6, 6.07) is 8.48. The summed E-state index contributed by atoms with van der Waals surface area (Å²) in [7, 11) is 0. The summed E-state index contributed by atoms with van der Waals surface area (Å²) in [5.41, 5.74) is 3.85. The molecule has 1 aromatic rings. The lowest BCUT2D eigenvalue weighted by molar-refractivity contribution is 0.372. The summed E-state index contributed by atoms with van der Waals surface area (Å²) in [6.45, 7) is 2.34. The fraction of sp³-hybridized carbons (Fsp3) is 0.375. The van der Waals surface area contributed by atoms with E-state index in [9.17, 15) is 0 Å². The molecule has 94 valence electrons. The van der Waals surface area contributed by atoms with Crippen LogP contribution in [0.15, 0.2) is 42.1 Å². The second-order valence-corrected chi connectivity index (χ2v) is 5.16. The maximum Gasteiger partial charge on any atom is 0.0455 e. The number of anilines is 1. The van der Waals surface area contributed by atoms with E-state index in [0.717, 1.165) is 5.92 Å². The first-order valence-electron chi connectivity index (χ1n) is 6.86. The molecule has 2 heteroatoms. The Labute approximate surface area is 109 Å². The Morgan fingerprint density at radius 1 is 1.11 bits per heavy atom. The Morgan fingerprint density at radius 3 is 2.83 bits per heavy atom. The zero-order valence-corrected chi connectivity index (χ0v) is 10.7. The van der Waals surface area contributed by atoms with Gasteiger partial charge in [0.1, 0.15) is 0 Å². The first-order valence-corrected chi connectivity index (χ1v) is 6.86. The smallest absolute Gasteiger partial charge is 0.0455 e. The molecule has 0 saturated carbocycles. The van der Waals surface area contributed by atoms with Crippen LogP contribution in [-0.2, 0) is 0 Å². The average molecular weight is 240 g/mol. The molecule has 18 heavy (non-hydrogen) atoms. The maximum atomic E-state index is 3.58. The van der Waals surface area contributed by atoms with Crippen molar-refractivity contribution in [2.45, 2.75) is 19.3 Å². The molecular formula is C16H20N2. The molecule has 3 rings (SSSR count). The molecule has 0 bridgehead atoms. The summed E-state index contributed by atoms with van der Waals surface area (Å²) in [5, 5.41) is 7.01. The molecule has 0 aromatic heterocycles. The largest absolute Gasteiger partial charge is 0.358 e. The highest BCUT2D eigenvalue weighted by Gasteiger charge is 2.15. The maximum absolute atomic E-state index is 3.58. The molecule has 2 nitrogen and oxygen atoms in total. The predicted molar refractivity (Wildman–Crippen MR) is 77.4 cm³/mol. The molecule has 2 aliphatic heterocycles. The fourth-order valence-corrected chi connectivity index (χ4v) is 2.75. The van der Waals surface area contributed by atoms with Gasteiger partial charge in [0, 0.05) is 11.4 Å². The second kappa shape index (κ2) is 5.40. The van der Waals surface area contributed by atoms with Gasteiger partial charge in [0.05, 0.1) is 0 Å². The minimum Gasteiger partial charge on any atom is -0.358 e. The van der Waals surface area contributed by atoms with E-state index in [4.69, 9.17) is 0 Å². The van der Waals surface area contributed by atoms with Crippen LogP contribution >= 0.6 is 0 Å². The summed E-state index contributed by atoms with van der Waals surface area (Å²) in [5.74, 6) is 0.823. The van der Waals surface area contributed by atoms with E-state index in [0.29, 0.717) is 0 Å². The standard InChI is InChI=1S/C16H20N2/c1-2-7-16-14(4-1)5-3-6-15(18-16)12-13-8-10-17-11-9-13/h1-7,13,17-18H,8-12H2. The molecule has 0 radical (unpaired) electrons. The van der Waals surface area contributed by atoms with Crippen molar-refractivity contribution in [2.24, 2.45) is 5.92 Å². The van der Waals surface area contributed by atoms with E-state index < -0.39 is 0 Å². The molecule has 0 amide bonds. The van der Waals surface area contributed by atoms with Crippen LogP contribution in [0.3, 0.4) is 0 Å². The van der Waals surface area contributed by atoms with Crippen molar-refractivity contribution in [3.8, 4) is 0 Å². The number of hydrogen-bond acceptors (Lipinski definition) is 2. The second-order valence-electron chi connectivity index (χ2n) is 5.16. The number of nitrogens with one attached hydrogen (secondary N) is 2. The summed E-state index contributed by atoms with van der Waals surface area (Å²) < 4.78 is 0. The van der Waals surface area contributed by atoms with Gasteiger partial charge in [0.15, 0.2) is 0 Å². The van der Waals surface area contributed by atoms with Crippen LogP contribution in [0.5, 0.6) is 0 Å². The van der Waals surface area contributed by atoms with Gasteiger partial charge in [0.25, 0.3) is 0 Å². The molecule has 0 atom stereocenters. The molecule has 0 unspecified atom stereocenters. The fourth-order valence-electron chi connectivity index (χ4n) is 2.75. The van der Waals surface area contributed by atoms with Gasteiger partial charge in [-0.3, -0.25) is 0 Å². The third-order valence-electron chi connectivity index (χ3n) is 3.80. The number of benzene rings is 1. The molecule has 1 aromatic carbocycles. The van der Waals surface area contributed by atoms with Gasteiger partial charge < -0.3 is 10.6 Å². The van der Waals surface area contributed by atoms with Crippen molar-refractivity contribution >= 4 is 11.8 Å². The lowest BCUT2D eigenvalue weighted by Crippen LogP contribution is -2.28. The first kappa shape index (κ1) is 11.5. The highest BCUT2D eigenvalue weighted by Crippen LogP contribution is 2.26. The normalized spacial score (nSPS) is 19.7. The third kappa shape index (κ3) is 2.65. The topological polar surface area (TPSA) is 24.1 Å². The number of fused-ring (bicyclic) bond motifs is 1. The van der Waals surface area contributed by atoms with E-state index in [1.54, 1.807) is 0 Å². The summed E-state index contributed by atoms with van der Waals surface area (Å²) >= 11 is 0.